The molecule has 2 heterocycles. The van der Waals surface area contributed by atoms with Gasteiger partial charge < -0.3 is 4.42 Å². The number of aryl methyl sites for hydroxylation is 3. The molecule has 0 saturated heterocycles. The Labute approximate surface area is 220 Å². The Balaban J connectivity index is 1.83. The van der Waals surface area contributed by atoms with Crippen LogP contribution < -0.4 is 4.57 Å². The van der Waals surface area contributed by atoms with Crippen molar-refractivity contribution in [1.29, 1.82) is 0 Å². The van der Waals surface area contributed by atoms with Gasteiger partial charge in [-0.25, -0.2) is 4.85 Å². The van der Waals surface area contributed by atoms with Gasteiger partial charge in [0.2, 0.25) is 5.69 Å². The van der Waals surface area contributed by atoms with Gasteiger partial charge >= 0.3 is 0 Å². The molecule has 2 aromatic heterocycles. The molecule has 0 unspecified atom stereocenters. The summed E-state index contributed by atoms with van der Waals surface area (Å²) >= 11 is 0. The van der Waals surface area contributed by atoms with Crippen molar-refractivity contribution in [3.8, 4) is 22.4 Å². The van der Waals surface area contributed by atoms with E-state index in [1.807, 2.05) is 12.1 Å². The van der Waals surface area contributed by atoms with E-state index in [1.165, 1.54) is 27.9 Å². The van der Waals surface area contributed by atoms with Crippen LogP contribution in [0.3, 0.4) is 0 Å². The molecular weight excluding hydrogens is 452 g/mol. The summed E-state index contributed by atoms with van der Waals surface area (Å²) in [7, 11) is 2.16. The number of rotatable bonds is 3. The van der Waals surface area contributed by atoms with Gasteiger partial charge in [0.05, 0.1) is 12.1 Å². The highest BCUT2D eigenvalue weighted by Crippen LogP contribution is 2.44. The van der Waals surface area contributed by atoms with E-state index in [2.05, 4.69) is 107 Å². The van der Waals surface area contributed by atoms with Crippen molar-refractivity contribution in [1.82, 2.24) is 0 Å². The first kappa shape index (κ1) is 24.8. The van der Waals surface area contributed by atoms with Crippen LogP contribution in [-0.4, -0.2) is 0 Å². The predicted octanol–water partition coefficient (Wildman–Crippen LogP) is 9.12. The maximum Gasteiger partial charge on any atom is 0.216 e. The zero-order valence-electron chi connectivity index (χ0n) is 23.2. The number of pyridine rings is 1. The Morgan fingerprint density at radius 1 is 0.811 bits per heavy atom. The quantitative estimate of drug-likeness (QED) is 0.184. The predicted molar refractivity (Wildman–Crippen MR) is 154 cm³/mol. The lowest BCUT2D eigenvalue weighted by atomic mass is 9.85. The second kappa shape index (κ2) is 8.89. The molecule has 0 fully saturated rings. The fourth-order valence-electron chi connectivity index (χ4n) is 5.50. The first-order valence-corrected chi connectivity index (χ1v) is 12.9. The van der Waals surface area contributed by atoms with Gasteiger partial charge in [-0.05, 0) is 49.3 Å². The third kappa shape index (κ3) is 4.21. The molecule has 3 heteroatoms. The summed E-state index contributed by atoms with van der Waals surface area (Å²) in [5.41, 5.74) is 13.0. The fourth-order valence-corrected chi connectivity index (χ4v) is 5.50. The number of benzene rings is 3. The topological polar surface area (TPSA) is 21.4 Å². The van der Waals surface area contributed by atoms with Crippen LogP contribution in [0.25, 0.3) is 49.2 Å². The number of fused-ring (bicyclic) bond motifs is 3. The molecule has 0 aliphatic heterocycles. The Morgan fingerprint density at radius 2 is 1.43 bits per heavy atom. The lowest BCUT2D eigenvalue weighted by Gasteiger charge is -2.21. The summed E-state index contributed by atoms with van der Waals surface area (Å²) < 4.78 is 9.08. The van der Waals surface area contributed by atoms with Crippen molar-refractivity contribution < 1.29 is 8.98 Å². The Bertz CT molecular complexity index is 1720. The molecule has 0 aliphatic rings. The van der Waals surface area contributed by atoms with E-state index in [0.29, 0.717) is 5.69 Å². The maximum atomic E-state index is 7.83. The summed E-state index contributed by atoms with van der Waals surface area (Å²) in [5, 5.41) is 2.12. The standard InChI is InChI=1S/C34H35N2O/c1-20-10-13-24(14-11-20)31-28(35-8)17-16-26-25-15-12-21(2)30(32(25)37-33(26)31)29-18-22(3)27(19-34(5,6)7)23(4)36(29)9/h10-18H,19H2,1-7,9H3/q+1. The summed E-state index contributed by atoms with van der Waals surface area (Å²) in [6.07, 6.45) is 1.03. The highest BCUT2D eigenvalue weighted by Gasteiger charge is 2.27. The Morgan fingerprint density at radius 3 is 2.05 bits per heavy atom. The average Bonchev–Trinajstić information content (AvgIpc) is 3.22. The monoisotopic (exact) mass is 487 g/mol. The van der Waals surface area contributed by atoms with E-state index in [0.717, 1.165) is 50.7 Å². The molecule has 186 valence electrons. The molecule has 0 atom stereocenters. The summed E-state index contributed by atoms with van der Waals surface area (Å²) in [6, 6.07) is 19.0. The number of nitrogens with zero attached hydrogens (tertiary/aromatic N) is 2. The highest BCUT2D eigenvalue weighted by molar-refractivity contribution is 6.15. The molecule has 5 rings (SSSR count). The molecule has 37 heavy (non-hydrogen) atoms. The van der Waals surface area contributed by atoms with Gasteiger partial charge in [0.1, 0.15) is 18.2 Å². The first-order chi connectivity index (χ1) is 17.5. The third-order valence-corrected chi connectivity index (χ3v) is 7.55. The minimum atomic E-state index is 0.214. The molecule has 3 nitrogen and oxygen atoms in total. The molecule has 5 aromatic rings. The Hall–Kier alpha value is -3.90. The van der Waals surface area contributed by atoms with Gasteiger partial charge in [0, 0.05) is 34.9 Å². The fraction of sp³-hybridized carbons (Fsp3) is 0.294. The third-order valence-electron chi connectivity index (χ3n) is 7.55. The molecule has 0 bridgehead atoms. The number of hydrogen-bond donors (Lipinski definition) is 0. The summed E-state index contributed by atoms with van der Waals surface area (Å²) in [4.78, 5) is 3.85. The molecular formula is C34H35N2O+. The van der Waals surface area contributed by atoms with Crippen LogP contribution in [0.1, 0.15) is 48.7 Å². The molecule has 0 N–H and O–H groups in total. The SMILES string of the molecule is [C-]#[N+]c1ccc2c(oc3c(-c4cc(C)c(CC(C)(C)C)c(C)[n+]4C)c(C)ccc32)c1-c1ccc(C)cc1. The molecule has 3 aromatic carbocycles. The van der Waals surface area contributed by atoms with Crippen molar-refractivity contribution in [3.05, 3.63) is 94.0 Å². The van der Waals surface area contributed by atoms with Crippen molar-refractivity contribution in [2.75, 3.05) is 0 Å². The van der Waals surface area contributed by atoms with Gasteiger partial charge in [-0.3, -0.25) is 0 Å². The van der Waals surface area contributed by atoms with Crippen LogP contribution >= 0.6 is 0 Å². The van der Waals surface area contributed by atoms with Crippen LogP contribution in [0.4, 0.5) is 5.69 Å². The van der Waals surface area contributed by atoms with Crippen LogP contribution in [0.2, 0.25) is 0 Å². The van der Waals surface area contributed by atoms with Crippen molar-refractivity contribution in [2.45, 2.75) is 54.9 Å². The van der Waals surface area contributed by atoms with E-state index >= 15 is 0 Å². The van der Waals surface area contributed by atoms with Gasteiger partial charge in [0.15, 0.2) is 11.4 Å². The van der Waals surface area contributed by atoms with Gasteiger partial charge in [-0.1, -0.05) is 74.9 Å². The summed E-state index contributed by atoms with van der Waals surface area (Å²) in [6.45, 7) is 23.4. The van der Waals surface area contributed by atoms with E-state index < -0.39 is 0 Å². The highest BCUT2D eigenvalue weighted by atomic mass is 16.3. The largest absolute Gasteiger partial charge is 0.456 e. The van der Waals surface area contributed by atoms with Crippen molar-refractivity contribution in [2.24, 2.45) is 12.5 Å². The van der Waals surface area contributed by atoms with Crippen molar-refractivity contribution >= 4 is 27.6 Å². The van der Waals surface area contributed by atoms with Crippen molar-refractivity contribution in [3.63, 3.8) is 0 Å². The zero-order chi connectivity index (χ0) is 26.6. The lowest BCUT2D eigenvalue weighted by molar-refractivity contribution is -0.667. The Kier molecular flexibility index (Phi) is 5.95. The summed E-state index contributed by atoms with van der Waals surface area (Å²) in [5.74, 6) is 0. The van der Waals surface area contributed by atoms with Crippen LogP contribution in [0.15, 0.2) is 59.0 Å². The second-order valence-electron chi connectivity index (χ2n) is 11.6. The van der Waals surface area contributed by atoms with Gasteiger partial charge in [0.25, 0.3) is 0 Å². The average molecular weight is 488 g/mol. The van der Waals surface area contributed by atoms with E-state index in [1.54, 1.807) is 0 Å². The number of hydrogen-bond acceptors (Lipinski definition) is 1. The van der Waals surface area contributed by atoms with E-state index in [-0.39, 0.29) is 5.41 Å². The molecule has 0 spiro atoms. The second-order valence-corrected chi connectivity index (χ2v) is 11.6. The molecule has 0 aliphatic carbocycles. The van der Waals surface area contributed by atoms with E-state index in [4.69, 9.17) is 11.0 Å². The minimum Gasteiger partial charge on any atom is -0.456 e. The van der Waals surface area contributed by atoms with Crippen LogP contribution in [0, 0.1) is 39.7 Å². The van der Waals surface area contributed by atoms with Crippen LogP contribution in [0.5, 0.6) is 0 Å². The van der Waals surface area contributed by atoms with E-state index in [9.17, 15) is 0 Å². The number of aromatic nitrogens is 1. The van der Waals surface area contributed by atoms with Gasteiger partial charge in [-0.2, -0.15) is 4.57 Å². The van der Waals surface area contributed by atoms with Gasteiger partial charge in [-0.15, -0.1) is 0 Å². The molecule has 0 saturated carbocycles. The zero-order valence-corrected chi connectivity index (χ0v) is 23.2. The number of furan rings is 1. The molecule has 0 amide bonds. The maximum absolute atomic E-state index is 7.83. The minimum absolute atomic E-state index is 0.214. The lowest BCUT2D eigenvalue weighted by Crippen LogP contribution is -2.37. The first-order valence-electron chi connectivity index (χ1n) is 12.9. The van der Waals surface area contributed by atoms with Crippen LogP contribution in [-0.2, 0) is 13.5 Å². The normalized spacial score (nSPS) is 11.9. The smallest absolute Gasteiger partial charge is 0.216 e. The molecule has 0 radical (unpaired) electrons.